The Kier molecular flexibility index (Phi) is 6.22. The number of rotatable bonds is 6. The highest BCUT2D eigenvalue weighted by Gasteiger charge is 2.23. The quantitative estimate of drug-likeness (QED) is 0.569. The topological polar surface area (TPSA) is 45.7 Å². The van der Waals surface area contributed by atoms with E-state index in [-0.39, 0.29) is 5.91 Å². The van der Waals surface area contributed by atoms with Crippen molar-refractivity contribution in [1.29, 1.82) is 0 Å². The van der Waals surface area contributed by atoms with Crippen LogP contribution in [0.2, 0.25) is 10.0 Å². The molecule has 3 rings (SSSR count). The highest BCUT2D eigenvalue weighted by atomic mass is 35.5. The summed E-state index contributed by atoms with van der Waals surface area (Å²) in [7, 11) is 5.54. The summed E-state index contributed by atoms with van der Waals surface area (Å²) >= 11 is 13.8. The molecular formula is C19H19Cl2N3O2S. The van der Waals surface area contributed by atoms with Gasteiger partial charge in [0.2, 0.25) is 0 Å². The van der Waals surface area contributed by atoms with Gasteiger partial charge in [-0.05, 0) is 50.5 Å². The summed E-state index contributed by atoms with van der Waals surface area (Å²) < 4.78 is 6.22. The van der Waals surface area contributed by atoms with E-state index < -0.39 is 0 Å². The lowest BCUT2D eigenvalue weighted by molar-refractivity contribution is 0.0985. The van der Waals surface area contributed by atoms with Crippen LogP contribution in [0.5, 0.6) is 5.75 Å². The number of hydrogen-bond donors (Lipinski definition) is 0. The molecule has 0 atom stereocenters. The van der Waals surface area contributed by atoms with Crippen LogP contribution in [0.25, 0.3) is 10.2 Å². The average Bonchev–Trinajstić information content (AvgIpc) is 3.06. The summed E-state index contributed by atoms with van der Waals surface area (Å²) in [4.78, 5) is 21.5. The van der Waals surface area contributed by atoms with Crippen LogP contribution < -0.4 is 9.64 Å². The lowest BCUT2D eigenvalue weighted by Crippen LogP contribution is -2.36. The molecule has 0 aliphatic rings. The van der Waals surface area contributed by atoms with Crippen molar-refractivity contribution in [2.24, 2.45) is 0 Å². The zero-order valence-corrected chi connectivity index (χ0v) is 17.5. The first-order valence-corrected chi connectivity index (χ1v) is 9.82. The van der Waals surface area contributed by atoms with Crippen molar-refractivity contribution in [2.75, 3.05) is 39.2 Å². The number of thiazole rings is 1. The monoisotopic (exact) mass is 423 g/mol. The fourth-order valence-corrected chi connectivity index (χ4v) is 3.91. The van der Waals surface area contributed by atoms with E-state index in [2.05, 4.69) is 4.98 Å². The van der Waals surface area contributed by atoms with Gasteiger partial charge in [0.05, 0.1) is 27.9 Å². The lowest BCUT2D eigenvalue weighted by Gasteiger charge is -2.22. The Morgan fingerprint density at radius 3 is 2.63 bits per heavy atom. The van der Waals surface area contributed by atoms with Crippen molar-refractivity contribution >= 4 is 55.8 Å². The smallest absolute Gasteiger partial charge is 0.261 e. The lowest BCUT2D eigenvalue weighted by atomic mass is 10.2. The molecule has 0 saturated heterocycles. The third-order valence-electron chi connectivity index (χ3n) is 3.99. The van der Waals surface area contributed by atoms with Gasteiger partial charge in [0, 0.05) is 18.1 Å². The third-order valence-corrected chi connectivity index (χ3v) is 5.60. The minimum absolute atomic E-state index is 0.227. The van der Waals surface area contributed by atoms with Crippen LogP contribution in [0.3, 0.4) is 0 Å². The molecule has 0 saturated carbocycles. The summed E-state index contributed by atoms with van der Waals surface area (Å²) in [6.45, 7) is 1.16. The van der Waals surface area contributed by atoms with E-state index in [1.54, 1.807) is 30.2 Å². The summed E-state index contributed by atoms with van der Waals surface area (Å²) in [5, 5.41) is 1.44. The van der Waals surface area contributed by atoms with Gasteiger partial charge < -0.3 is 9.64 Å². The van der Waals surface area contributed by atoms with Gasteiger partial charge in [-0.2, -0.15) is 0 Å². The van der Waals surface area contributed by atoms with Gasteiger partial charge in [-0.3, -0.25) is 9.69 Å². The molecule has 5 nitrogen and oxygen atoms in total. The Balaban J connectivity index is 2.02. The molecule has 0 spiro atoms. The molecule has 27 heavy (non-hydrogen) atoms. The number of methoxy groups -OCH3 is 1. The molecule has 0 aliphatic carbocycles. The number of anilines is 1. The third kappa shape index (κ3) is 4.52. The Labute approximate surface area is 172 Å². The Morgan fingerprint density at radius 2 is 1.93 bits per heavy atom. The van der Waals surface area contributed by atoms with Crippen LogP contribution >= 0.6 is 34.5 Å². The molecule has 0 bridgehead atoms. The maximum Gasteiger partial charge on any atom is 0.261 e. The average molecular weight is 424 g/mol. The van der Waals surface area contributed by atoms with Crippen LogP contribution in [0.15, 0.2) is 36.4 Å². The van der Waals surface area contributed by atoms with E-state index in [0.717, 1.165) is 16.0 Å². The van der Waals surface area contributed by atoms with Gasteiger partial charge in [-0.15, -0.1) is 0 Å². The van der Waals surface area contributed by atoms with Gasteiger partial charge in [0.15, 0.2) is 5.13 Å². The Bertz CT molecular complexity index is 975. The number of fused-ring (bicyclic) bond motifs is 1. The number of nitrogens with zero attached hydrogens (tertiary/aromatic N) is 3. The van der Waals surface area contributed by atoms with E-state index in [1.807, 2.05) is 37.2 Å². The van der Waals surface area contributed by atoms with E-state index >= 15 is 0 Å². The molecule has 0 N–H and O–H groups in total. The zero-order valence-electron chi connectivity index (χ0n) is 15.2. The highest BCUT2D eigenvalue weighted by Crippen LogP contribution is 2.33. The molecule has 1 amide bonds. The SMILES string of the molecule is COc1ccc2nc(N(CCN(C)C)C(=O)c3cc(Cl)ccc3Cl)sc2c1. The molecule has 1 aromatic heterocycles. The highest BCUT2D eigenvalue weighted by molar-refractivity contribution is 7.22. The number of ether oxygens (including phenoxy) is 1. The first-order valence-electron chi connectivity index (χ1n) is 8.25. The fourth-order valence-electron chi connectivity index (χ4n) is 2.53. The number of hydrogen-bond acceptors (Lipinski definition) is 5. The normalized spacial score (nSPS) is 11.2. The molecule has 0 fully saturated rings. The molecule has 142 valence electrons. The van der Waals surface area contributed by atoms with Crippen molar-refractivity contribution in [3.8, 4) is 5.75 Å². The van der Waals surface area contributed by atoms with Crippen molar-refractivity contribution in [1.82, 2.24) is 9.88 Å². The molecule has 0 radical (unpaired) electrons. The van der Waals surface area contributed by atoms with Crippen molar-refractivity contribution < 1.29 is 9.53 Å². The summed E-state index contributed by atoms with van der Waals surface area (Å²) in [6, 6.07) is 10.5. The number of likely N-dealkylation sites (N-methyl/N-ethyl adjacent to an activating group) is 1. The van der Waals surface area contributed by atoms with Gasteiger partial charge in [-0.1, -0.05) is 34.5 Å². The van der Waals surface area contributed by atoms with E-state index in [1.165, 1.54) is 11.3 Å². The Hall–Kier alpha value is -1.86. The van der Waals surface area contributed by atoms with Gasteiger partial charge in [-0.25, -0.2) is 4.98 Å². The van der Waals surface area contributed by atoms with Crippen LogP contribution in [0.1, 0.15) is 10.4 Å². The van der Waals surface area contributed by atoms with E-state index in [9.17, 15) is 4.79 Å². The van der Waals surface area contributed by atoms with Gasteiger partial charge in [0.1, 0.15) is 5.75 Å². The maximum atomic E-state index is 13.2. The number of halogens is 2. The first-order chi connectivity index (χ1) is 12.9. The molecule has 0 unspecified atom stereocenters. The second-order valence-electron chi connectivity index (χ2n) is 6.21. The minimum Gasteiger partial charge on any atom is -0.497 e. The second-order valence-corrected chi connectivity index (χ2v) is 8.07. The molecule has 0 aliphatic heterocycles. The molecule has 1 heterocycles. The Morgan fingerprint density at radius 1 is 1.15 bits per heavy atom. The summed E-state index contributed by atoms with van der Waals surface area (Å²) in [6.07, 6.45) is 0. The number of amides is 1. The summed E-state index contributed by atoms with van der Waals surface area (Å²) in [5.74, 6) is 0.525. The molecule has 2 aromatic carbocycles. The zero-order chi connectivity index (χ0) is 19.6. The van der Waals surface area contributed by atoms with Crippen molar-refractivity contribution in [3.05, 3.63) is 52.0 Å². The maximum absolute atomic E-state index is 13.2. The number of carbonyl (C=O) groups excluding carboxylic acids is 1. The number of carbonyl (C=O) groups is 1. The van der Waals surface area contributed by atoms with Crippen LogP contribution in [0.4, 0.5) is 5.13 Å². The molecule has 8 heteroatoms. The standard InChI is InChI=1S/C19H19Cl2N3O2S/c1-23(2)8-9-24(18(25)14-10-12(20)4-6-15(14)21)19-22-16-7-5-13(26-3)11-17(16)27-19/h4-7,10-11H,8-9H2,1-3H3. The first kappa shape index (κ1) is 19.9. The van der Waals surface area contributed by atoms with Gasteiger partial charge >= 0.3 is 0 Å². The summed E-state index contributed by atoms with van der Waals surface area (Å²) in [5.41, 5.74) is 1.18. The van der Waals surface area contributed by atoms with Crippen LogP contribution in [-0.4, -0.2) is 50.1 Å². The van der Waals surface area contributed by atoms with Crippen molar-refractivity contribution in [2.45, 2.75) is 0 Å². The predicted molar refractivity (Wildman–Crippen MR) is 113 cm³/mol. The van der Waals surface area contributed by atoms with Crippen LogP contribution in [-0.2, 0) is 0 Å². The second kappa shape index (κ2) is 8.44. The minimum atomic E-state index is -0.227. The molecule has 3 aromatic rings. The number of benzene rings is 2. The van der Waals surface area contributed by atoms with E-state index in [0.29, 0.717) is 33.8 Å². The number of aromatic nitrogens is 1. The van der Waals surface area contributed by atoms with Crippen molar-refractivity contribution in [3.63, 3.8) is 0 Å². The van der Waals surface area contributed by atoms with Crippen LogP contribution in [0, 0.1) is 0 Å². The van der Waals surface area contributed by atoms with Gasteiger partial charge in [0.25, 0.3) is 5.91 Å². The van der Waals surface area contributed by atoms with E-state index in [4.69, 9.17) is 27.9 Å². The largest absolute Gasteiger partial charge is 0.497 e. The predicted octanol–water partition coefficient (Wildman–Crippen LogP) is 4.82. The fraction of sp³-hybridized carbons (Fsp3) is 0.263. The molecular weight excluding hydrogens is 405 g/mol.